The molecule has 1 aliphatic carbocycles. The Balaban J connectivity index is 1.08. The van der Waals surface area contributed by atoms with Gasteiger partial charge in [-0.15, -0.1) is 0 Å². The van der Waals surface area contributed by atoms with E-state index in [1.807, 2.05) is 6.07 Å². The Hall–Kier alpha value is -7.55. The SMILES string of the molecule is c1ccc(-c2cn3cc(-c4ccc(-c5ccc6c7c(cccc57)-c5c-6c(-c6ccccc6)c6ccccc6c5-c5ccccc5)c5ccccc45)ccc3n2)cc1. The Kier molecular flexibility index (Phi) is 6.96. The van der Waals surface area contributed by atoms with Crippen LogP contribution in [0.15, 0.2) is 207 Å². The number of benzene rings is 9. The van der Waals surface area contributed by atoms with Gasteiger partial charge in [0.05, 0.1) is 5.69 Å². The van der Waals surface area contributed by atoms with Gasteiger partial charge in [0, 0.05) is 18.0 Å². The zero-order valence-corrected chi connectivity index (χ0v) is 31.0. The molecule has 2 aromatic heterocycles. The number of hydrogen-bond donors (Lipinski definition) is 0. The highest BCUT2D eigenvalue weighted by Gasteiger charge is 2.31. The van der Waals surface area contributed by atoms with E-state index in [4.69, 9.17) is 4.98 Å². The summed E-state index contributed by atoms with van der Waals surface area (Å²) in [6.45, 7) is 0. The standard InChI is InChI=1S/C55H34N2/c1-4-15-35(16-5-1)49-34-57-33-38(27-32-50(57)56-49)39-28-29-42(41-22-11-10-21-40(39)41)43-30-31-48-53-44(43)25-14-26-47(53)54-51(36-17-6-2-7-18-36)45-23-12-13-24-46(45)52(55(48)54)37-19-8-3-9-20-37/h1-34H. The molecule has 0 amide bonds. The summed E-state index contributed by atoms with van der Waals surface area (Å²) < 4.78 is 2.15. The van der Waals surface area contributed by atoms with E-state index < -0.39 is 0 Å². The molecule has 12 rings (SSSR count). The van der Waals surface area contributed by atoms with Crippen LogP contribution >= 0.6 is 0 Å². The fraction of sp³-hybridized carbons (Fsp3) is 0. The average molecular weight is 723 g/mol. The van der Waals surface area contributed by atoms with Gasteiger partial charge in [-0.25, -0.2) is 4.98 Å². The third kappa shape index (κ3) is 4.81. The van der Waals surface area contributed by atoms with Gasteiger partial charge in [0.2, 0.25) is 0 Å². The Morgan fingerprint density at radius 1 is 0.281 bits per heavy atom. The van der Waals surface area contributed by atoms with E-state index in [-0.39, 0.29) is 0 Å². The lowest BCUT2D eigenvalue weighted by molar-refractivity contribution is 1.19. The van der Waals surface area contributed by atoms with Crippen LogP contribution in [0.4, 0.5) is 0 Å². The van der Waals surface area contributed by atoms with Crippen LogP contribution in [0.2, 0.25) is 0 Å². The Bertz CT molecular complexity index is 3290. The van der Waals surface area contributed by atoms with Crippen molar-refractivity contribution in [2.75, 3.05) is 0 Å². The number of nitrogens with zero attached hydrogens (tertiary/aromatic N) is 2. The Morgan fingerprint density at radius 2 is 0.754 bits per heavy atom. The largest absolute Gasteiger partial charge is 0.306 e. The molecule has 57 heavy (non-hydrogen) atoms. The van der Waals surface area contributed by atoms with E-state index in [2.05, 4.69) is 205 Å². The molecule has 1 aliphatic rings. The summed E-state index contributed by atoms with van der Waals surface area (Å²) in [6, 6.07) is 70.8. The summed E-state index contributed by atoms with van der Waals surface area (Å²) in [5.74, 6) is 0. The van der Waals surface area contributed by atoms with Crippen molar-refractivity contribution >= 4 is 38.0 Å². The van der Waals surface area contributed by atoms with Crippen LogP contribution < -0.4 is 0 Å². The first kappa shape index (κ1) is 31.8. The van der Waals surface area contributed by atoms with Crippen LogP contribution in [0.25, 0.3) is 116 Å². The molecular weight excluding hydrogens is 689 g/mol. The number of imidazole rings is 1. The van der Waals surface area contributed by atoms with Crippen LogP contribution in [0.5, 0.6) is 0 Å². The quantitative estimate of drug-likeness (QED) is 0.173. The highest BCUT2D eigenvalue weighted by atomic mass is 15.0. The molecule has 264 valence electrons. The molecule has 0 saturated heterocycles. The van der Waals surface area contributed by atoms with E-state index in [1.165, 1.54) is 93.5 Å². The van der Waals surface area contributed by atoms with Gasteiger partial charge in [-0.2, -0.15) is 0 Å². The molecule has 2 heteroatoms. The molecule has 0 spiro atoms. The maximum atomic E-state index is 4.92. The van der Waals surface area contributed by atoms with Crippen molar-refractivity contribution in [1.29, 1.82) is 0 Å². The lowest BCUT2D eigenvalue weighted by atomic mass is 9.82. The van der Waals surface area contributed by atoms with E-state index in [0.29, 0.717) is 0 Å². The monoisotopic (exact) mass is 722 g/mol. The summed E-state index contributed by atoms with van der Waals surface area (Å²) >= 11 is 0. The van der Waals surface area contributed by atoms with Crippen LogP contribution in [-0.4, -0.2) is 9.38 Å². The van der Waals surface area contributed by atoms with Gasteiger partial charge in [0.15, 0.2) is 0 Å². The van der Waals surface area contributed by atoms with Crippen molar-refractivity contribution in [3.05, 3.63) is 207 Å². The predicted octanol–water partition coefficient (Wildman–Crippen LogP) is 14.8. The Labute approximate surface area is 330 Å². The molecule has 11 aromatic rings. The Morgan fingerprint density at radius 3 is 1.39 bits per heavy atom. The highest BCUT2D eigenvalue weighted by molar-refractivity contribution is 6.29. The number of fused-ring (bicyclic) bond motifs is 6. The van der Waals surface area contributed by atoms with Crippen molar-refractivity contribution < 1.29 is 0 Å². The third-order valence-electron chi connectivity index (χ3n) is 12.0. The summed E-state index contributed by atoms with van der Waals surface area (Å²) in [7, 11) is 0. The molecule has 0 radical (unpaired) electrons. The molecule has 0 atom stereocenters. The van der Waals surface area contributed by atoms with Crippen molar-refractivity contribution in [2.45, 2.75) is 0 Å². The second-order valence-corrected chi connectivity index (χ2v) is 15.0. The van der Waals surface area contributed by atoms with Crippen molar-refractivity contribution in [2.24, 2.45) is 0 Å². The van der Waals surface area contributed by atoms with Gasteiger partial charge in [0.1, 0.15) is 5.65 Å². The maximum Gasteiger partial charge on any atom is 0.137 e. The van der Waals surface area contributed by atoms with E-state index in [9.17, 15) is 0 Å². The van der Waals surface area contributed by atoms with E-state index >= 15 is 0 Å². The van der Waals surface area contributed by atoms with Crippen molar-refractivity contribution in [3.8, 4) is 78.0 Å². The minimum Gasteiger partial charge on any atom is -0.306 e. The minimum atomic E-state index is 0.936. The zero-order chi connectivity index (χ0) is 37.5. The fourth-order valence-electron chi connectivity index (χ4n) is 9.53. The summed E-state index contributed by atoms with van der Waals surface area (Å²) in [6.07, 6.45) is 4.34. The van der Waals surface area contributed by atoms with Gasteiger partial charge < -0.3 is 4.40 Å². The summed E-state index contributed by atoms with van der Waals surface area (Å²) in [5.41, 5.74) is 18.2. The molecule has 2 nitrogen and oxygen atoms in total. The number of aromatic nitrogens is 2. The molecule has 0 unspecified atom stereocenters. The number of rotatable bonds is 5. The normalized spacial score (nSPS) is 11.9. The molecule has 2 heterocycles. The number of hydrogen-bond acceptors (Lipinski definition) is 1. The fourth-order valence-corrected chi connectivity index (χ4v) is 9.53. The minimum absolute atomic E-state index is 0.936. The van der Waals surface area contributed by atoms with Crippen LogP contribution in [-0.2, 0) is 0 Å². The molecular formula is C55H34N2. The zero-order valence-electron chi connectivity index (χ0n) is 31.0. The van der Waals surface area contributed by atoms with Gasteiger partial charge in [-0.3, -0.25) is 0 Å². The van der Waals surface area contributed by atoms with E-state index in [0.717, 1.165) is 22.5 Å². The first-order valence-corrected chi connectivity index (χ1v) is 19.6. The second-order valence-electron chi connectivity index (χ2n) is 15.0. The predicted molar refractivity (Wildman–Crippen MR) is 239 cm³/mol. The van der Waals surface area contributed by atoms with Gasteiger partial charge >= 0.3 is 0 Å². The summed E-state index contributed by atoms with van der Waals surface area (Å²) in [5, 5.41) is 7.61. The first-order valence-electron chi connectivity index (χ1n) is 19.6. The second kappa shape index (κ2) is 12.5. The highest BCUT2D eigenvalue weighted by Crippen LogP contribution is 2.58. The smallest absolute Gasteiger partial charge is 0.137 e. The van der Waals surface area contributed by atoms with Crippen LogP contribution in [0, 0.1) is 0 Å². The lowest BCUT2D eigenvalue weighted by Gasteiger charge is -2.20. The molecule has 0 bridgehead atoms. The van der Waals surface area contributed by atoms with Crippen molar-refractivity contribution in [1.82, 2.24) is 9.38 Å². The maximum absolute atomic E-state index is 4.92. The van der Waals surface area contributed by atoms with Crippen LogP contribution in [0.3, 0.4) is 0 Å². The molecule has 0 N–H and O–H groups in total. The molecule has 0 fully saturated rings. The number of pyridine rings is 1. The van der Waals surface area contributed by atoms with E-state index in [1.54, 1.807) is 0 Å². The van der Waals surface area contributed by atoms with Gasteiger partial charge in [-0.05, 0) is 111 Å². The van der Waals surface area contributed by atoms with Crippen molar-refractivity contribution in [3.63, 3.8) is 0 Å². The lowest BCUT2D eigenvalue weighted by Crippen LogP contribution is -1.93. The average Bonchev–Trinajstić information content (AvgIpc) is 3.86. The summed E-state index contributed by atoms with van der Waals surface area (Å²) in [4.78, 5) is 4.92. The third-order valence-corrected chi connectivity index (χ3v) is 12.0. The molecule has 0 aliphatic heterocycles. The van der Waals surface area contributed by atoms with Crippen LogP contribution in [0.1, 0.15) is 0 Å². The molecule has 9 aromatic carbocycles. The van der Waals surface area contributed by atoms with Gasteiger partial charge in [0.25, 0.3) is 0 Å². The van der Waals surface area contributed by atoms with Gasteiger partial charge in [-0.1, -0.05) is 182 Å². The topological polar surface area (TPSA) is 17.3 Å². The molecule has 0 saturated carbocycles. The first-order chi connectivity index (χ1) is 28.3.